The van der Waals surface area contributed by atoms with Crippen molar-refractivity contribution in [2.24, 2.45) is 0 Å². The highest BCUT2D eigenvalue weighted by Gasteiger charge is 2.22. The molecule has 114 valence electrons. The quantitative estimate of drug-likeness (QED) is 0.773. The van der Waals surface area contributed by atoms with Crippen LogP contribution in [0.3, 0.4) is 0 Å². The van der Waals surface area contributed by atoms with Crippen LogP contribution in [-0.2, 0) is 16.6 Å². The summed E-state index contributed by atoms with van der Waals surface area (Å²) in [6.45, 7) is 1.30. The third-order valence-corrected chi connectivity index (χ3v) is 4.63. The monoisotopic (exact) mass is 331 g/mol. The summed E-state index contributed by atoms with van der Waals surface area (Å²) in [5, 5.41) is 15.4. The van der Waals surface area contributed by atoms with E-state index in [9.17, 15) is 8.42 Å². The molecule has 7 nitrogen and oxygen atoms in total. The molecule has 0 aliphatic rings. The molecular weight excluding hydrogens is 318 g/mol. The second kappa shape index (κ2) is 5.92. The lowest BCUT2D eigenvalue weighted by atomic mass is 10.2. The number of halogens is 1. The van der Waals surface area contributed by atoms with E-state index < -0.39 is 16.6 Å². The Labute approximate surface area is 127 Å². The topological polar surface area (TPSA) is 104 Å². The lowest BCUT2D eigenvalue weighted by molar-refractivity contribution is 0.278. The van der Waals surface area contributed by atoms with Crippen molar-refractivity contribution in [3.63, 3.8) is 0 Å². The smallest absolute Gasteiger partial charge is 0.279 e. The van der Waals surface area contributed by atoms with Crippen molar-refractivity contribution in [3.8, 4) is 5.75 Å². The Morgan fingerprint density at radius 2 is 2.19 bits per heavy atom. The van der Waals surface area contributed by atoms with Crippen LogP contribution in [0.15, 0.2) is 23.4 Å². The molecule has 0 unspecified atom stereocenters. The molecule has 2 rings (SSSR count). The van der Waals surface area contributed by atoms with Crippen LogP contribution in [0.4, 0.5) is 5.69 Å². The number of sulfonamides is 1. The zero-order chi connectivity index (χ0) is 15.6. The van der Waals surface area contributed by atoms with Gasteiger partial charge in [-0.1, -0.05) is 11.6 Å². The summed E-state index contributed by atoms with van der Waals surface area (Å²) < 4.78 is 32.2. The average Bonchev–Trinajstić information content (AvgIpc) is 2.91. The molecule has 0 aliphatic carbocycles. The number of benzene rings is 1. The van der Waals surface area contributed by atoms with Crippen LogP contribution in [0, 0.1) is 6.92 Å². The summed E-state index contributed by atoms with van der Waals surface area (Å²) in [5.74, 6) is 0.291. The van der Waals surface area contributed by atoms with Crippen LogP contribution in [0.2, 0.25) is 5.02 Å². The second-order valence-electron chi connectivity index (χ2n) is 4.29. The number of nitrogens with one attached hydrogen (secondary N) is 2. The van der Waals surface area contributed by atoms with E-state index in [1.807, 2.05) is 0 Å². The molecule has 0 radical (unpaired) electrons. The van der Waals surface area contributed by atoms with Crippen molar-refractivity contribution in [3.05, 3.63) is 34.5 Å². The van der Waals surface area contributed by atoms with E-state index in [0.717, 1.165) is 0 Å². The van der Waals surface area contributed by atoms with Crippen molar-refractivity contribution in [1.29, 1.82) is 0 Å². The average molecular weight is 332 g/mol. The zero-order valence-corrected chi connectivity index (χ0v) is 12.9. The minimum atomic E-state index is -3.93. The number of anilines is 1. The van der Waals surface area contributed by atoms with Gasteiger partial charge in [0.1, 0.15) is 5.75 Å². The van der Waals surface area contributed by atoms with E-state index >= 15 is 0 Å². The Bertz CT molecular complexity index is 758. The van der Waals surface area contributed by atoms with Gasteiger partial charge in [-0.3, -0.25) is 9.82 Å². The predicted molar refractivity (Wildman–Crippen MR) is 78.1 cm³/mol. The van der Waals surface area contributed by atoms with Gasteiger partial charge in [-0.25, -0.2) is 0 Å². The summed E-state index contributed by atoms with van der Waals surface area (Å²) in [4.78, 5) is 0. The summed E-state index contributed by atoms with van der Waals surface area (Å²) in [5.41, 5.74) is 1.12. The maximum Gasteiger partial charge on any atom is 0.279 e. The maximum atomic E-state index is 12.3. The molecule has 9 heteroatoms. The first-order valence-corrected chi connectivity index (χ1v) is 7.75. The summed E-state index contributed by atoms with van der Waals surface area (Å²) in [7, 11) is -2.52. The van der Waals surface area contributed by atoms with Gasteiger partial charge in [-0.15, -0.1) is 0 Å². The number of aliphatic hydroxyl groups is 1. The molecule has 1 aromatic carbocycles. The van der Waals surface area contributed by atoms with E-state index in [1.165, 1.54) is 19.4 Å². The number of aromatic nitrogens is 2. The summed E-state index contributed by atoms with van der Waals surface area (Å²) in [6.07, 6.45) is 1.25. The van der Waals surface area contributed by atoms with Crippen LogP contribution < -0.4 is 9.46 Å². The van der Waals surface area contributed by atoms with Gasteiger partial charge in [0.05, 0.1) is 25.6 Å². The van der Waals surface area contributed by atoms with Crippen LogP contribution >= 0.6 is 11.6 Å². The number of hydrogen-bond donors (Lipinski definition) is 3. The third kappa shape index (κ3) is 3.12. The number of aromatic amines is 1. The van der Waals surface area contributed by atoms with Crippen LogP contribution in [0.1, 0.15) is 11.1 Å². The fourth-order valence-electron chi connectivity index (χ4n) is 1.75. The Morgan fingerprint density at radius 1 is 1.48 bits per heavy atom. The Balaban J connectivity index is 2.44. The van der Waals surface area contributed by atoms with E-state index in [0.29, 0.717) is 16.3 Å². The Hall–Kier alpha value is -1.77. The zero-order valence-electron chi connectivity index (χ0n) is 11.3. The number of aryl methyl sites for hydroxylation is 1. The Morgan fingerprint density at radius 3 is 2.81 bits per heavy atom. The van der Waals surface area contributed by atoms with Crippen molar-refractivity contribution >= 4 is 27.3 Å². The first-order chi connectivity index (χ1) is 9.89. The van der Waals surface area contributed by atoms with Gasteiger partial charge in [0.2, 0.25) is 0 Å². The minimum Gasteiger partial charge on any atom is -0.495 e. The molecular formula is C12H14ClN3O4S. The standard InChI is InChI=1S/C12H14ClN3O4S/c1-7-3-10(11(20-2)4-9(7)13)16-21(18,19)12-8(6-17)5-14-15-12/h3-5,16-17H,6H2,1-2H3,(H,14,15). The van der Waals surface area contributed by atoms with Gasteiger partial charge in [0, 0.05) is 16.7 Å². The summed E-state index contributed by atoms with van der Waals surface area (Å²) in [6, 6.07) is 3.09. The maximum absolute atomic E-state index is 12.3. The molecule has 1 heterocycles. The van der Waals surface area contributed by atoms with Gasteiger partial charge < -0.3 is 9.84 Å². The van der Waals surface area contributed by atoms with Crippen LogP contribution in [0.25, 0.3) is 0 Å². The molecule has 0 amide bonds. The van der Waals surface area contributed by atoms with E-state index in [1.54, 1.807) is 13.0 Å². The third-order valence-electron chi connectivity index (χ3n) is 2.84. The number of ether oxygens (including phenoxy) is 1. The number of methoxy groups -OCH3 is 1. The van der Waals surface area contributed by atoms with E-state index in [-0.39, 0.29) is 16.3 Å². The van der Waals surface area contributed by atoms with Gasteiger partial charge in [0.25, 0.3) is 10.0 Å². The van der Waals surface area contributed by atoms with Gasteiger partial charge in [-0.05, 0) is 18.6 Å². The molecule has 3 N–H and O–H groups in total. The second-order valence-corrected chi connectivity index (χ2v) is 6.32. The van der Waals surface area contributed by atoms with Crippen molar-refractivity contribution in [1.82, 2.24) is 10.2 Å². The molecule has 0 atom stereocenters. The molecule has 0 saturated heterocycles. The molecule has 2 aromatic rings. The van der Waals surface area contributed by atoms with E-state index in [4.69, 9.17) is 21.4 Å². The summed E-state index contributed by atoms with van der Waals surface area (Å²) >= 11 is 5.98. The van der Waals surface area contributed by atoms with Crippen LogP contribution in [0.5, 0.6) is 5.75 Å². The number of aliphatic hydroxyl groups excluding tert-OH is 1. The number of nitrogens with zero attached hydrogens (tertiary/aromatic N) is 1. The van der Waals surface area contributed by atoms with Crippen molar-refractivity contribution < 1.29 is 18.3 Å². The van der Waals surface area contributed by atoms with Gasteiger partial charge in [-0.2, -0.15) is 13.5 Å². The minimum absolute atomic E-state index is 0.173. The van der Waals surface area contributed by atoms with Crippen LogP contribution in [-0.4, -0.2) is 30.8 Å². The predicted octanol–water partition coefficient (Wildman–Crippen LogP) is 1.67. The highest BCUT2D eigenvalue weighted by Crippen LogP contribution is 2.32. The Kier molecular flexibility index (Phi) is 4.40. The normalized spacial score (nSPS) is 11.4. The van der Waals surface area contributed by atoms with E-state index in [2.05, 4.69) is 14.9 Å². The highest BCUT2D eigenvalue weighted by atomic mass is 35.5. The van der Waals surface area contributed by atoms with Crippen molar-refractivity contribution in [2.75, 3.05) is 11.8 Å². The number of H-pyrrole nitrogens is 1. The molecule has 21 heavy (non-hydrogen) atoms. The molecule has 0 fully saturated rings. The lowest BCUT2D eigenvalue weighted by Gasteiger charge is -2.13. The van der Waals surface area contributed by atoms with Gasteiger partial charge >= 0.3 is 0 Å². The SMILES string of the molecule is COc1cc(Cl)c(C)cc1NS(=O)(=O)c1[nH]ncc1CO. The molecule has 0 bridgehead atoms. The molecule has 1 aromatic heterocycles. The highest BCUT2D eigenvalue weighted by molar-refractivity contribution is 7.92. The van der Waals surface area contributed by atoms with Crippen molar-refractivity contribution in [2.45, 2.75) is 18.6 Å². The first kappa shape index (κ1) is 15.6. The fourth-order valence-corrected chi connectivity index (χ4v) is 3.09. The fraction of sp³-hybridized carbons (Fsp3) is 0.250. The number of hydrogen-bond acceptors (Lipinski definition) is 5. The largest absolute Gasteiger partial charge is 0.495 e. The lowest BCUT2D eigenvalue weighted by Crippen LogP contribution is -2.16. The molecule has 0 aliphatic heterocycles. The molecule has 0 saturated carbocycles. The number of rotatable bonds is 5. The molecule has 0 spiro atoms. The van der Waals surface area contributed by atoms with Gasteiger partial charge in [0.15, 0.2) is 5.03 Å². The first-order valence-electron chi connectivity index (χ1n) is 5.89.